The van der Waals surface area contributed by atoms with Crippen molar-refractivity contribution in [2.45, 2.75) is 18.8 Å². The van der Waals surface area contributed by atoms with Crippen LogP contribution < -0.4 is 5.32 Å². The van der Waals surface area contributed by atoms with Crippen LogP contribution in [0.25, 0.3) is 11.6 Å². The minimum Gasteiger partial charge on any atom is -0.332 e. The fourth-order valence-electron chi connectivity index (χ4n) is 2.09. The van der Waals surface area contributed by atoms with Gasteiger partial charge >= 0.3 is 0 Å². The highest BCUT2D eigenvalue weighted by atomic mass is 35.5. The first-order valence-electron chi connectivity index (χ1n) is 5.99. The number of pyridine rings is 1. The molecule has 0 spiro atoms. The summed E-state index contributed by atoms with van der Waals surface area (Å²) in [6.45, 7) is 2.02. The molecule has 1 saturated heterocycles. The maximum Gasteiger partial charge on any atom is 0.276 e. The number of piperidine rings is 1. The number of hydrogen-bond acceptors (Lipinski definition) is 5. The third kappa shape index (κ3) is 2.37. The van der Waals surface area contributed by atoms with Gasteiger partial charge in [-0.25, -0.2) is 4.98 Å². The van der Waals surface area contributed by atoms with Crippen molar-refractivity contribution >= 4 is 11.6 Å². The Labute approximate surface area is 110 Å². The number of halogens is 1. The first kappa shape index (κ1) is 11.6. The molecule has 6 heteroatoms. The van der Waals surface area contributed by atoms with Gasteiger partial charge in [-0.3, -0.25) is 0 Å². The molecule has 1 aliphatic heterocycles. The summed E-state index contributed by atoms with van der Waals surface area (Å²) in [4.78, 5) is 8.59. The van der Waals surface area contributed by atoms with Gasteiger partial charge in [0.05, 0.1) is 5.02 Å². The highest BCUT2D eigenvalue weighted by Gasteiger charge is 2.21. The van der Waals surface area contributed by atoms with Gasteiger partial charge in [0.25, 0.3) is 5.89 Å². The van der Waals surface area contributed by atoms with Crippen molar-refractivity contribution in [1.29, 1.82) is 0 Å². The number of aromatic nitrogens is 3. The molecule has 0 aromatic carbocycles. The Morgan fingerprint density at radius 1 is 1.28 bits per heavy atom. The molecule has 5 nitrogen and oxygen atoms in total. The lowest BCUT2D eigenvalue weighted by molar-refractivity contribution is 0.391. The Bertz CT molecular complexity index is 519. The number of rotatable bonds is 2. The van der Waals surface area contributed by atoms with Crippen molar-refractivity contribution in [2.24, 2.45) is 0 Å². The SMILES string of the molecule is Clc1ccc(-c2nc(C3CCNCC3)no2)nc1. The van der Waals surface area contributed by atoms with Crippen LogP contribution in [0.15, 0.2) is 22.9 Å². The van der Waals surface area contributed by atoms with Gasteiger partial charge in [0, 0.05) is 12.1 Å². The summed E-state index contributed by atoms with van der Waals surface area (Å²) < 4.78 is 5.26. The van der Waals surface area contributed by atoms with E-state index < -0.39 is 0 Å². The first-order valence-corrected chi connectivity index (χ1v) is 6.37. The van der Waals surface area contributed by atoms with Gasteiger partial charge in [0.2, 0.25) is 0 Å². The van der Waals surface area contributed by atoms with E-state index in [9.17, 15) is 0 Å². The molecule has 1 fully saturated rings. The lowest BCUT2D eigenvalue weighted by Crippen LogP contribution is -2.27. The molecule has 94 valence electrons. The van der Waals surface area contributed by atoms with Gasteiger partial charge in [-0.15, -0.1) is 0 Å². The van der Waals surface area contributed by atoms with E-state index in [-0.39, 0.29) is 0 Å². The summed E-state index contributed by atoms with van der Waals surface area (Å²) >= 11 is 5.79. The first-order chi connectivity index (χ1) is 8.83. The molecule has 0 radical (unpaired) electrons. The van der Waals surface area contributed by atoms with Crippen LogP contribution in [0.4, 0.5) is 0 Å². The molecular weight excluding hydrogens is 252 g/mol. The van der Waals surface area contributed by atoms with Crippen molar-refractivity contribution in [3.63, 3.8) is 0 Å². The van der Waals surface area contributed by atoms with Gasteiger partial charge in [-0.05, 0) is 38.1 Å². The van der Waals surface area contributed by atoms with Gasteiger partial charge in [0.1, 0.15) is 5.69 Å². The van der Waals surface area contributed by atoms with Crippen molar-refractivity contribution in [3.8, 4) is 11.6 Å². The normalized spacial score (nSPS) is 16.9. The van der Waals surface area contributed by atoms with Crippen molar-refractivity contribution < 1.29 is 4.52 Å². The van der Waals surface area contributed by atoms with Gasteiger partial charge in [-0.1, -0.05) is 16.8 Å². The lowest BCUT2D eigenvalue weighted by Gasteiger charge is -2.18. The van der Waals surface area contributed by atoms with Crippen LogP contribution in [-0.2, 0) is 0 Å². The summed E-state index contributed by atoms with van der Waals surface area (Å²) in [5.41, 5.74) is 0.659. The molecule has 2 aromatic heterocycles. The minimum atomic E-state index is 0.385. The Balaban J connectivity index is 1.82. The topological polar surface area (TPSA) is 63.8 Å². The Morgan fingerprint density at radius 3 is 2.83 bits per heavy atom. The van der Waals surface area contributed by atoms with Gasteiger partial charge < -0.3 is 9.84 Å². The Morgan fingerprint density at radius 2 is 2.11 bits per heavy atom. The molecule has 2 aromatic rings. The maximum atomic E-state index is 5.79. The Kier molecular flexibility index (Phi) is 3.25. The van der Waals surface area contributed by atoms with Crippen molar-refractivity contribution in [2.75, 3.05) is 13.1 Å². The maximum absolute atomic E-state index is 5.79. The van der Waals surface area contributed by atoms with Gasteiger partial charge in [-0.2, -0.15) is 4.98 Å². The molecule has 0 saturated carbocycles. The lowest BCUT2D eigenvalue weighted by atomic mass is 9.98. The summed E-state index contributed by atoms with van der Waals surface area (Å²) in [7, 11) is 0. The predicted molar refractivity (Wildman–Crippen MR) is 67.4 cm³/mol. The van der Waals surface area contributed by atoms with Crippen LogP contribution in [0, 0.1) is 0 Å². The van der Waals surface area contributed by atoms with Crippen LogP contribution in [0.5, 0.6) is 0 Å². The molecule has 1 N–H and O–H groups in total. The predicted octanol–water partition coefficient (Wildman–Crippen LogP) is 2.25. The van der Waals surface area contributed by atoms with Gasteiger partial charge in [0.15, 0.2) is 5.82 Å². The highest BCUT2D eigenvalue weighted by molar-refractivity contribution is 6.30. The molecule has 0 aliphatic carbocycles. The van der Waals surface area contributed by atoms with E-state index in [0.29, 0.717) is 22.5 Å². The van der Waals surface area contributed by atoms with Crippen molar-refractivity contribution in [1.82, 2.24) is 20.4 Å². The van der Waals surface area contributed by atoms with Crippen LogP contribution in [-0.4, -0.2) is 28.2 Å². The molecule has 1 aliphatic rings. The van der Waals surface area contributed by atoms with Crippen LogP contribution in [0.2, 0.25) is 5.02 Å². The van der Waals surface area contributed by atoms with E-state index in [0.717, 1.165) is 31.8 Å². The molecular formula is C12H13ClN4O. The second-order valence-corrected chi connectivity index (χ2v) is 4.78. The molecule has 3 rings (SSSR count). The van der Waals surface area contributed by atoms with E-state index >= 15 is 0 Å². The Hall–Kier alpha value is -1.46. The molecule has 0 unspecified atom stereocenters. The number of nitrogens with one attached hydrogen (secondary N) is 1. The standard InChI is InChI=1S/C12H13ClN4O/c13-9-1-2-10(15-7-9)12-16-11(17-18-12)8-3-5-14-6-4-8/h1-2,7-8,14H,3-6H2. The fourth-order valence-corrected chi connectivity index (χ4v) is 2.20. The molecule has 3 heterocycles. The molecule has 0 bridgehead atoms. The zero-order chi connectivity index (χ0) is 12.4. The summed E-state index contributed by atoms with van der Waals surface area (Å²) in [6.07, 6.45) is 3.67. The summed E-state index contributed by atoms with van der Waals surface area (Å²) in [5.74, 6) is 1.62. The minimum absolute atomic E-state index is 0.385. The second-order valence-electron chi connectivity index (χ2n) is 4.34. The average molecular weight is 265 g/mol. The van der Waals surface area contributed by atoms with Crippen LogP contribution in [0.1, 0.15) is 24.6 Å². The third-order valence-corrected chi connectivity index (χ3v) is 3.32. The van der Waals surface area contributed by atoms with Crippen LogP contribution >= 0.6 is 11.6 Å². The summed E-state index contributed by atoms with van der Waals surface area (Å²) in [6, 6.07) is 3.54. The summed E-state index contributed by atoms with van der Waals surface area (Å²) in [5, 5.41) is 7.96. The highest BCUT2D eigenvalue weighted by Crippen LogP contribution is 2.25. The molecule has 0 atom stereocenters. The number of nitrogens with zero attached hydrogens (tertiary/aromatic N) is 3. The molecule has 18 heavy (non-hydrogen) atoms. The van der Waals surface area contributed by atoms with E-state index in [4.69, 9.17) is 16.1 Å². The largest absolute Gasteiger partial charge is 0.332 e. The third-order valence-electron chi connectivity index (χ3n) is 3.09. The zero-order valence-corrected chi connectivity index (χ0v) is 10.5. The second kappa shape index (κ2) is 5.04. The monoisotopic (exact) mass is 264 g/mol. The van der Waals surface area contributed by atoms with E-state index in [1.165, 1.54) is 0 Å². The fraction of sp³-hybridized carbons (Fsp3) is 0.417. The van der Waals surface area contributed by atoms with E-state index in [1.54, 1.807) is 18.3 Å². The smallest absolute Gasteiger partial charge is 0.276 e. The van der Waals surface area contributed by atoms with E-state index in [1.807, 2.05) is 0 Å². The van der Waals surface area contributed by atoms with Crippen LogP contribution in [0.3, 0.4) is 0 Å². The molecule has 0 amide bonds. The number of hydrogen-bond donors (Lipinski definition) is 1. The zero-order valence-electron chi connectivity index (χ0n) is 9.77. The van der Waals surface area contributed by atoms with Crippen molar-refractivity contribution in [3.05, 3.63) is 29.2 Å². The quantitative estimate of drug-likeness (QED) is 0.901. The van der Waals surface area contributed by atoms with E-state index in [2.05, 4.69) is 20.4 Å². The average Bonchev–Trinajstić information content (AvgIpc) is 2.90.